The lowest BCUT2D eigenvalue weighted by molar-refractivity contribution is -0.111. The second-order valence-electron chi connectivity index (χ2n) is 1.60. The number of azo groups is 1. The molecule has 1 aliphatic heterocycles. The molecule has 0 aromatic carbocycles. The number of aliphatic imine (C=N–C) groups is 1. The van der Waals surface area contributed by atoms with Gasteiger partial charge in [-0.15, -0.1) is 20.0 Å². The molecule has 1 unspecified atom stereocenters. The third kappa shape index (κ3) is 1.04. The van der Waals surface area contributed by atoms with Crippen molar-refractivity contribution in [1.82, 2.24) is 0 Å². The van der Waals surface area contributed by atoms with Gasteiger partial charge in [0.1, 0.15) is 0 Å². The standard InChI is InChI=1S/C3HN5O3/c9-1-3(8-11)4-2(6-10)5-7-3/h1H. The van der Waals surface area contributed by atoms with E-state index < -0.39 is 11.7 Å². The van der Waals surface area contributed by atoms with Gasteiger partial charge in [0.2, 0.25) is 0 Å². The third-order valence-corrected chi connectivity index (χ3v) is 0.925. The number of rotatable bonds is 2. The van der Waals surface area contributed by atoms with Gasteiger partial charge in [0.15, 0.2) is 6.29 Å². The van der Waals surface area contributed by atoms with Crippen molar-refractivity contribution in [3.05, 3.63) is 9.81 Å². The number of aldehydes is 1. The molecule has 0 bridgehead atoms. The van der Waals surface area contributed by atoms with Crippen molar-refractivity contribution in [3.8, 4) is 0 Å². The highest BCUT2D eigenvalue weighted by Gasteiger charge is 2.35. The van der Waals surface area contributed by atoms with E-state index in [2.05, 4.69) is 25.6 Å². The molecule has 0 fully saturated rings. The summed E-state index contributed by atoms with van der Waals surface area (Å²) in [5.41, 5.74) is 0. The van der Waals surface area contributed by atoms with E-state index in [9.17, 15) is 14.6 Å². The van der Waals surface area contributed by atoms with E-state index in [0.29, 0.717) is 0 Å². The fraction of sp³-hybridized carbons (Fsp3) is 0.333. The van der Waals surface area contributed by atoms with E-state index in [4.69, 9.17) is 0 Å². The van der Waals surface area contributed by atoms with Gasteiger partial charge in [-0.25, -0.2) is 0 Å². The van der Waals surface area contributed by atoms with Crippen LogP contribution in [0.25, 0.3) is 0 Å². The zero-order chi connectivity index (χ0) is 8.32. The molecule has 11 heavy (non-hydrogen) atoms. The van der Waals surface area contributed by atoms with Crippen molar-refractivity contribution in [2.75, 3.05) is 0 Å². The number of nitroso groups, excluding NO2 is 2. The first-order chi connectivity index (χ1) is 5.26. The van der Waals surface area contributed by atoms with Crippen molar-refractivity contribution in [1.29, 1.82) is 0 Å². The van der Waals surface area contributed by atoms with E-state index >= 15 is 0 Å². The summed E-state index contributed by atoms with van der Waals surface area (Å²) in [7, 11) is 0. The second kappa shape index (κ2) is 2.40. The van der Waals surface area contributed by atoms with E-state index in [0.717, 1.165) is 0 Å². The number of carbonyl (C=O) groups excluding carboxylic acids is 1. The molecule has 0 aliphatic carbocycles. The highest BCUT2D eigenvalue weighted by Crippen LogP contribution is 2.18. The summed E-state index contributed by atoms with van der Waals surface area (Å²) < 4.78 is 0. The molecule has 0 N–H and O–H groups in total. The molecule has 0 aromatic rings. The van der Waals surface area contributed by atoms with Crippen LogP contribution in [0.1, 0.15) is 0 Å². The average molecular weight is 155 g/mol. The number of hydrogen-bond acceptors (Lipinski definition) is 8. The average Bonchev–Trinajstić information content (AvgIpc) is 2.49. The molecule has 1 heterocycles. The molecule has 0 radical (unpaired) electrons. The van der Waals surface area contributed by atoms with Gasteiger partial charge in [-0.05, 0) is 5.18 Å². The number of hydrogen-bond donors (Lipinski definition) is 0. The van der Waals surface area contributed by atoms with Gasteiger partial charge < -0.3 is 0 Å². The van der Waals surface area contributed by atoms with E-state index in [1.807, 2.05) is 0 Å². The Morgan fingerprint density at radius 3 is 2.45 bits per heavy atom. The number of guanidine groups is 1. The fourth-order valence-corrected chi connectivity index (χ4v) is 0.459. The van der Waals surface area contributed by atoms with Gasteiger partial charge in [0.05, 0.1) is 0 Å². The van der Waals surface area contributed by atoms with Crippen LogP contribution >= 0.6 is 0 Å². The predicted molar refractivity (Wildman–Crippen MR) is 32.7 cm³/mol. The smallest absolute Gasteiger partial charge is 0.296 e. The summed E-state index contributed by atoms with van der Waals surface area (Å²) in [6, 6.07) is 0. The summed E-state index contributed by atoms with van der Waals surface area (Å²) in [5, 5.41) is 10.6. The molecule has 0 saturated heterocycles. The predicted octanol–water partition coefficient (Wildman–Crippen LogP) is 0.194. The van der Waals surface area contributed by atoms with Gasteiger partial charge in [-0.1, -0.05) is 0 Å². The summed E-state index contributed by atoms with van der Waals surface area (Å²) in [6.07, 6.45) is 0.0711. The van der Waals surface area contributed by atoms with Crippen molar-refractivity contribution in [2.45, 2.75) is 5.79 Å². The maximum absolute atomic E-state index is 10.1. The van der Waals surface area contributed by atoms with Crippen LogP contribution in [0.3, 0.4) is 0 Å². The molecular weight excluding hydrogens is 154 g/mol. The van der Waals surface area contributed by atoms with E-state index in [1.54, 1.807) is 0 Å². The summed E-state index contributed by atoms with van der Waals surface area (Å²) in [4.78, 5) is 32.9. The maximum atomic E-state index is 10.1. The Kier molecular flexibility index (Phi) is 1.58. The summed E-state index contributed by atoms with van der Waals surface area (Å²) in [5.74, 6) is -2.67. The molecule has 8 heteroatoms. The van der Waals surface area contributed by atoms with Crippen LogP contribution in [0.2, 0.25) is 0 Å². The van der Waals surface area contributed by atoms with E-state index in [1.165, 1.54) is 0 Å². The van der Waals surface area contributed by atoms with Crippen LogP contribution in [0.5, 0.6) is 0 Å². The molecule has 1 atom stereocenters. The van der Waals surface area contributed by atoms with Crippen molar-refractivity contribution < 1.29 is 4.79 Å². The Balaban J connectivity index is 3.03. The van der Waals surface area contributed by atoms with Gasteiger partial charge in [0.25, 0.3) is 0 Å². The van der Waals surface area contributed by atoms with Crippen molar-refractivity contribution in [3.63, 3.8) is 0 Å². The summed E-state index contributed by atoms with van der Waals surface area (Å²) in [6.45, 7) is 0. The quantitative estimate of drug-likeness (QED) is 0.418. The van der Waals surface area contributed by atoms with Crippen LogP contribution in [-0.2, 0) is 4.79 Å². The first-order valence-corrected chi connectivity index (χ1v) is 2.43. The first-order valence-electron chi connectivity index (χ1n) is 2.43. The molecule has 0 amide bonds. The normalized spacial score (nSPS) is 27.8. The molecular formula is C3HN5O3. The Hall–Kier alpha value is -1.86. The number of nitrogens with zero attached hydrogens (tertiary/aromatic N) is 5. The first kappa shape index (κ1) is 7.25. The maximum Gasteiger partial charge on any atom is 0.361 e. The molecule has 1 aliphatic rings. The van der Waals surface area contributed by atoms with Crippen molar-refractivity contribution in [2.24, 2.45) is 25.6 Å². The Bertz CT molecular complexity index is 260. The van der Waals surface area contributed by atoms with Crippen LogP contribution in [0.15, 0.2) is 25.6 Å². The number of carbonyl (C=O) groups is 1. The largest absolute Gasteiger partial charge is 0.361 e. The fourth-order valence-electron chi connectivity index (χ4n) is 0.459. The molecule has 56 valence electrons. The minimum absolute atomic E-state index is 0.0711. The lowest BCUT2D eigenvalue weighted by atomic mass is 10.4. The molecule has 0 saturated carbocycles. The van der Waals surface area contributed by atoms with Crippen LogP contribution in [0.4, 0.5) is 0 Å². The van der Waals surface area contributed by atoms with Crippen molar-refractivity contribution >= 4 is 12.2 Å². The lowest BCUT2D eigenvalue weighted by Gasteiger charge is -1.98. The van der Waals surface area contributed by atoms with Gasteiger partial charge in [-0.3, -0.25) is 4.79 Å². The minimum Gasteiger partial charge on any atom is -0.296 e. The lowest BCUT2D eigenvalue weighted by Crippen LogP contribution is -2.19. The zero-order valence-electron chi connectivity index (χ0n) is 5.04. The Morgan fingerprint density at radius 1 is 1.45 bits per heavy atom. The molecule has 0 spiro atoms. The monoisotopic (exact) mass is 155 g/mol. The van der Waals surface area contributed by atoms with E-state index in [-0.39, 0.29) is 6.29 Å². The Morgan fingerprint density at radius 2 is 2.18 bits per heavy atom. The highest BCUT2D eigenvalue weighted by atomic mass is 16.3. The van der Waals surface area contributed by atoms with Gasteiger partial charge in [0, 0.05) is 5.18 Å². The van der Waals surface area contributed by atoms with Gasteiger partial charge in [-0.2, -0.15) is 4.99 Å². The Labute approximate surface area is 59.4 Å². The molecule has 8 nitrogen and oxygen atoms in total. The molecule has 0 aromatic heterocycles. The van der Waals surface area contributed by atoms with Crippen LogP contribution in [-0.4, -0.2) is 18.0 Å². The summed E-state index contributed by atoms with van der Waals surface area (Å²) >= 11 is 0. The highest BCUT2D eigenvalue weighted by molar-refractivity contribution is 5.85. The zero-order valence-corrected chi connectivity index (χ0v) is 5.04. The third-order valence-electron chi connectivity index (χ3n) is 0.925. The topological polar surface area (TPSA) is 113 Å². The minimum atomic E-state index is -2.11. The molecule has 1 rings (SSSR count). The van der Waals surface area contributed by atoms with Crippen LogP contribution < -0.4 is 0 Å². The van der Waals surface area contributed by atoms with Crippen LogP contribution in [0, 0.1) is 9.81 Å². The second-order valence-corrected chi connectivity index (χ2v) is 1.60. The SMILES string of the molecule is O=CC1(N=O)N=NC(N=O)=N1. The van der Waals surface area contributed by atoms with Gasteiger partial charge >= 0.3 is 11.7 Å².